The second kappa shape index (κ2) is 2.12. The van der Waals surface area contributed by atoms with Gasteiger partial charge in [0.25, 0.3) is 0 Å². The van der Waals surface area contributed by atoms with Gasteiger partial charge in [-0.2, -0.15) is 0 Å². The summed E-state index contributed by atoms with van der Waals surface area (Å²) in [5.41, 5.74) is 1.77. The molecule has 2 heterocycles. The first-order valence-electron chi connectivity index (χ1n) is 3.93. The average Bonchev–Trinajstić information content (AvgIpc) is 2.70. The molecule has 0 amide bonds. The Morgan fingerprint density at radius 1 is 1.31 bits per heavy atom. The number of hydrogen-bond donors (Lipinski definition) is 0. The number of rotatable bonds is 0. The maximum Gasteiger partial charge on any atom is 0.231 e. The maximum atomic E-state index is 5.24. The van der Waals surface area contributed by atoms with E-state index in [1.807, 2.05) is 19.2 Å². The summed E-state index contributed by atoms with van der Waals surface area (Å²) in [6.45, 7) is 0.291. The fourth-order valence-corrected chi connectivity index (χ4v) is 1.42. The normalized spacial score (nSPS) is 13.9. The highest BCUT2D eigenvalue weighted by Crippen LogP contribution is 2.34. The van der Waals surface area contributed by atoms with Crippen LogP contribution in [0.3, 0.4) is 0 Å². The summed E-state index contributed by atoms with van der Waals surface area (Å²) < 4.78 is 12.2. The van der Waals surface area contributed by atoms with Crippen molar-refractivity contribution >= 4 is 11.0 Å². The van der Waals surface area contributed by atoms with E-state index in [1.54, 1.807) is 4.68 Å². The van der Waals surface area contributed by atoms with Gasteiger partial charge in [0.05, 0.1) is 5.52 Å². The molecule has 0 saturated carbocycles. The van der Waals surface area contributed by atoms with Crippen LogP contribution in [0.25, 0.3) is 11.0 Å². The predicted molar refractivity (Wildman–Crippen MR) is 44.6 cm³/mol. The number of aromatic nitrogens is 3. The average molecular weight is 177 g/mol. The fraction of sp³-hybridized carbons (Fsp3) is 0.250. The van der Waals surface area contributed by atoms with Crippen LogP contribution >= 0.6 is 0 Å². The van der Waals surface area contributed by atoms with E-state index in [2.05, 4.69) is 10.3 Å². The van der Waals surface area contributed by atoms with Crippen molar-refractivity contribution in [3.63, 3.8) is 0 Å². The second-order valence-electron chi connectivity index (χ2n) is 2.91. The standard InChI is InChI=1S/C8H7N3O2/c1-11-6-3-8-7(12-4-13-8)2-5(6)9-10-11/h2-3H,4H2,1H3. The second-order valence-corrected chi connectivity index (χ2v) is 2.91. The van der Waals surface area contributed by atoms with Crippen LogP contribution in [0.15, 0.2) is 12.1 Å². The van der Waals surface area contributed by atoms with Crippen molar-refractivity contribution in [1.82, 2.24) is 15.0 Å². The molecule has 0 radical (unpaired) electrons. The summed E-state index contributed by atoms with van der Waals surface area (Å²) in [5.74, 6) is 1.51. The smallest absolute Gasteiger partial charge is 0.231 e. The molecule has 0 aliphatic carbocycles. The Balaban J connectivity index is 2.38. The van der Waals surface area contributed by atoms with Gasteiger partial charge in [0, 0.05) is 19.2 Å². The molecule has 66 valence electrons. The zero-order chi connectivity index (χ0) is 8.84. The molecule has 0 atom stereocenters. The molecule has 1 aliphatic rings. The van der Waals surface area contributed by atoms with Crippen molar-refractivity contribution in [1.29, 1.82) is 0 Å². The minimum atomic E-state index is 0.291. The Morgan fingerprint density at radius 3 is 2.92 bits per heavy atom. The lowest BCUT2D eigenvalue weighted by atomic mass is 10.3. The minimum Gasteiger partial charge on any atom is -0.454 e. The predicted octanol–water partition coefficient (Wildman–Crippen LogP) is 0.697. The summed E-state index contributed by atoms with van der Waals surface area (Å²) in [7, 11) is 1.84. The van der Waals surface area contributed by atoms with E-state index in [4.69, 9.17) is 9.47 Å². The van der Waals surface area contributed by atoms with Gasteiger partial charge in [-0.15, -0.1) is 5.10 Å². The Labute approximate surface area is 73.9 Å². The molecule has 5 heteroatoms. The van der Waals surface area contributed by atoms with E-state index in [0.29, 0.717) is 6.79 Å². The zero-order valence-corrected chi connectivity index (χ0v) is 7.02. The molecular formula is C8H7N3O2. The van der Waals surface area contributed by atoms with E-state index in [9.17, 15) is 0 Å². The van der Waals surface area contributed by atoms with E-state index in [1.165, 1.54) is 0 Å². The van der Waals surface area contributed by atoms with Crippen molar-refractivity contribution in [2.45, 2.75) is 0 Å². The van der Waals surface area contributed by atoms with Crippen LogP contribution in [0, 0.1) is 0 Å². The molecule has 3 rings (SSSR count). The third kappa shape index (κ3) is 0.809. The molecule has 0 unspecified atom stereocenters. The van der Waals surface area contributed by atoms with Gasteiger partial charge >= 0.3 is 0 Å². The summed E-state index contributed by atoms with van der Waals surface area (Å²) in [6, 6.07) is 3.72. The van der Waals surface area contributed by atoms with Crippen molar-refractivity contribution in [3.05, 3.63) is 12.1 Å². The first-order valence-corrected chi connectivity index (χ1v) is 3.93. The monoisotopic (exact) mass is 177 g/mol. The molecular weight excluding hydrogens is 170 g/mol. The van der Waals surface area contributed by atoms with Crippen LogP contribution in [0.4, 0.5) is 0 Å². The minimum absolute atomic E-state index is 0.291. The Hall–Kier alpha value is -1.78. The van der Waals surface area contributed by atoms with Crippen molar-refractivity contribution in [2.24, 2.45) is 7.05 Å². The number of ether oxygens (including phenoxy) is 2. The number of nitrogens with zero attached hydrogens (tertiary/aromatic N) is 3. The summed E-state index contributed by atoms with van der Waals surface area (Å²) in [5, 5.41) is 7.87. The molecule has 0 spiro atoms. The van der Waals surface area contributed by atoms with Gasteiger partial charge in [0.2, 0.25) is 6.79 Å². The first kappa shape index (κ1) is 6.71. The molecule has 5 nitrogen and oxygen atoms in total. The first-order chi connectivity index (χ1) is 6.34. The highest BCUT2D eigenvalue weighted by atomic mass is 16.7. The van der Waals surface area contributed by atoms with Crippen LogP contribution in [0.5, 0.6) is 11.5 Å². The van der Waals surface area contributed by atoms with Crippen molar-refractivity contribution in [3.8, 4) is 11.5 Å². The lowest BCUT2D eigenvalue weighted by Crippen LogP contribution is -1.93. The highest BCUT2D eigenvalue weighted by molar-refractivity contribution is 5.79. The van der Waals surface area contributed by atoms with Crippen LogP contribution in [0.2, 0.25) is 0 Å². The lowest BCUT2D eigenvalue weighted by Gasteiger charge is -1.95. The number of aryl methyl sites for hydroxylation is 1. The van der Waals surface area contributed by atoms with Gasteiger partial charge in [-0.25, -0.2) is 4.68 Å². The molecule has 13 heavy (non-hydrogen) atoms. The Bertz CT molecular complexity index is 477. The SMILES string of the molecule is Cn1nnc2cc3c(cc21)OCO3. The Kier molecular flexibility index (Phi) is 1.10. The summed E-state index contributed by atoms with van der Waals surface area (Å²) in [6.07, 6.45) is 0. The van der Waals surface area contributed by atoms with Gasteiger partial charge in [-0.05, 0) is 0 Å². The third-order valence-electron chi connectivity index (χ3n) is 2.11. The maximum absolute atomic E-state index is 5.24. The largest absolute Gasteiger partial charge is 0.454 e. The number of fused-ring (bicyclic) bond motifs is 2. The number of benzene rings is 1. The molecule has 0 bridgehead atoms. The Morgan fingerprint density at radius 2 is 2.08 bits per heavy atom. The molecule has 0 N–H and O–H groups in total. The van der Waals surface area contributed by atoms with Gasteiger partial charge in [0.15, 0.2) is 11.5 Å². The van der Waals surface area contributed by atoms with Gasteiger partial charge in [-0.3, -0.25) is 0 Å². The van der Waals surface area contributed by atoms with Crippen LogP contribution in [-0.2, 0) is 7.05 Å². The zero-order valence-electron chi connectivity index (χ0n) is 7.02. The van der Waals surface area contributed by atoms with Gasteiger partial charge in [-0.1, -0.05) is 5.21 Å². The van der Waals surface area contributed by atoms with Crippen molar-refractivity contribution < 1.29 is 9.47 Å². The molecule has 0 fully saturated rings. The van der Waals surface area contributed by atoms with E-state index in [-0.39, 0.29) is 0 Å². The number of hydrogen-bond acceptors (Lipinski definition) is 4. The van der Waals surface area contributed by atoms with Crippen LogP contribution in [0.1, 0.15) is 0 Å². The summed E-state index contributed by atoms with van der Waals surface area (Å²) >= 11 is 0. The van der Waals surface area contributed by atoms with Gasteiger partial charge < -0.3 is 9.47 Å². The molecule has 0 saturated heterocycles. The quantitative estimate of drug-likeness (QED) is 0.594. The fourth-order valence-electron chi connectivity index (χ4n) is 1.42. The van der Waals surface area contributed by atoms with Crippen molar-refractivity contribution in [2.75, 3.05) is 6.79 Å². The van der Waals surface area contributed by atoms with E-state index >= 15 is 0 Å². The molecule has 1 aromatic carbocycles. The van der Waals surface area contributed by atoms with E-state index in [0.717, 1.165) is 22.5 Å². The third-order valence-corrected chi connectivity index (χ3v) is 2.11. The molecule has 2 aromatic rings. The lowest BCUT2D eigenvalue weighted by molar-refractivity contribution is 0.174. The van der Waals surface area contributed by atoms with E-state index < -0.39 is 0 Å². The molecule has 1 aromatic heterocycles. The van der Waals surface area contributed by atoms with Gasteiger partial charge in [0.1, 0.15) is 5.52 Å². The summed E-state index contributed by atoms with van der Waals surface area (Å²) in [4.78, 5) is 0. The van der Waals surface area contributed by atoms with Crippen LogP contribution < -0.4 is 9.47 Å². The topological polar surface area (TPSA) is 49.2 Å². The molecule has 1 aliphatic heterocycles. The highest BCUT2D eigenvalue weighted by Gasteiger charge is 2.16. The van der Waals surface area contributed by atoms with Crippen LogP contribution in [-0.4, -0.2) is 21.8 Å².